The first kappa shape index (κ1) is 32.8. The summed E-state index contributed by atoms with van der Waals surface area (Å²) in [6, 6.07) is -4.82. The summed E-state index contributed by atoms with van der Waals surface area (Å²) in [5.74, 6) is -4.25. The Morgan fingerprint density at radius 1 is 0.806 bits per heavy atom. The molecule has 0 fully saturated rings. The molecule has 0 aliphatic rings. The molecule has 13 nitrogen and oxygen atoms in total. The molecule has 0 unspecified atom stereocenters. The fourth-order valence-corrected chi connectivity index (χ4v) is 3.01. The van der Waals surface area contributed by atoms with Crippen LogP contribution in [0.3, 0.4) is 0 Å². The van der Waals surface area contributed by atoms with Crippen molar-refractivity contribution >= 4 is 35.5 Å². The first-order valence-electron chi connectivity index (χ1n) is 11.8. The van der Waals surface area contributed by atoms with Crippen molar-refractivity contribution in [1.29, 1.82) is 0 Å². The molecule has 0 aromatic carbocycles. The molecule has 0 spiro atoms. The van der Waals surface area contributed by atoms with Gasteiger partial charge in [0.2, 0.25) is 29.5 Å². The van der Waals surface area contributed by atoms with Crippen LogP contribution in [0.1, 0.15) is 48.0 Å². The molecule has 13 heteroatoms. The van der Waals surface area contributed by atoms with Crippen molar-refractivity contribution in [2.75, 3.05) is 27.7 Å². The van der Waals surface area contributed by atoms with Gasteiger partial charge in [0.1, 0.15) is 24.2 Å². The van der Waals surface area contributed by atoms with Crippen molar-refractivity contribution in [2.24, 2.45) is 11.7 Å². The molecule has 0 rings (SSSR count). The van der Waals surface area contributed by atoms with Gasteiger partial charge in [-0.3, -0.25) is 28.8 Å². The zero-order valence-electron chi connectivity index (χ0n) is 22.7. The Morgan fingerprint density at radius 3 is 1.72 bits per heavy atom. The monoisotopic (exact) mass is 514 g/mol. The Labute approximate surface area is 212 Å². The quantitative estimate of drug-likeness (QED) is 0.231. The van der Waals surface area contributed by atoms with Crippen LogP contribution in [0.15, 0.2) is 0 Å². The lowest BCUT2D eigenvalue weighted by atomic mass is 10.0. The molecular formula is C23H42N6O7. The Balaban J connectivity index is 5.32. The number of nitrogens with two attached hydrogens (primary N) is 1. The van der Waals surface area contributed by atoms with Gasteiger partial charge < -0.3 is 36.2 Å². The van der Waals surface area contributed by atoms with Gasteiger partial charge in [0.25, 0.3) is 0 Å². The first-order chi connectivity index (χ1) is 16.5. The summed E-state index contributed by atoms with van der Waals surface area (Å²) < 4.78 is 0. The van der Waals surface area contributed by atoms with E-state index in [-0.39, 0.29) is 18.4 Å². The minimum atomic E-state index is -1.21. The second kappa shape index (κ2) is 14.4. The number of carboxylic acid groups (broad SMARTS) is 1. The summed E-state index contributed by atoms with van der Waals surface area (Å²) in [6.07, 6.45) is 0.421. The molecule has 0 aromatic rings. The van der Waals surface area contributed by atoms with E-state index in [1.165, 1.54) is 51.7 Å². The first-order valence-corrected chi connectivity index (χ1v) is 11.8. The Morgan fingerprint density at radius 2 is 1.28 bits per heavy atom. The molecule has 0 saturated carbocycles. The van der Waals surface area contributed by atoms with Crippen molar-refractivity contribution < 1.29 is 33.9 Å². The minimum absolute atomic E-state index is 0.267. The van der Waals surface area contributed by atoms with E-state index in [0.29, 0.717) is 6.42 Å². The molecule has 0 saturated heterocycles. The lowest BCUT2D eigenvalue weighted by molar-refractivity contribution is -0.146. The van der Waals surface area contributed by atoms with Gasteiger partial charge in [0.15, 0.2) is 0 Å². The second-order valence-electron chi connectivity index (χ2n) is 9.31. The number of carboxylic acids is 1. The third kappa shape index (κ3) is 9.10. The summed E-state index contributed by atoms with van der Waals surface area (Å²) >= 11 is 0. The van der Waals surface area contributed by atoms with Crippen molar-refractivity contribution in [3.05, 3.63) is 0 Å². The van der Waals surface area contributed by atoms with E-state index in [9.17, 15) is 28.8 Å². The number of carbonyl (C=O) groups is 6. The van der Waals surface area contributed by atoms with Crippen LogP contribution in [0.25, 0.3) is 0 Å². The highest BCUT2D eigenvalue weighted by Crippen LogP contribution is 2.10. The molecule has 0 bridgehead atoms. The third-order valence-electron chi connectivity index (χ3n) is 6.13. The summed E-state index contributed by atoms with van der Waals surface area (Å²) in [6.45, 7) is 9.15. The van der Waals surface area contributed by atoms with Crippen molar-refractivity contribution in [2.45, 2.75) is 78.2 Å². The summed E-state index contributed by atoms with van der Waals surface area (Å²) in [4.78, 5) is 77.6. The van der Waals surface area contributed by atoms with Crippen LogP contribution in [-0.2, 0) is 28.8 Å². The smallest absolute Gasteiger partial charge is 0.325 e. The maximum atomic E-state index is 13.1. The molecule has 5 N–H and O–H groups in total. The number of amides is 5. The summed E-state index contributed by atoms with van der Waals surface area (Å²) in [5.41, 5.74) is 5.72. The van der Waals surface area contributed by atoms with Gasteiger partial charge in [0.05, 0.1) is 12.6 Å². The highest BCUT2D eigenvalue weighted by molar-refractivity contribution is 5.95. The molecular weight excluding hydrogens is 472 g/mol. The lowest BCUT2D eigenvalue weighted by Gasteiger charge is -2.33. The molecule has 0 radical (unpaired) electrons. The van der Waals surface area contributed by atoms with Gasteiger partial charge in [0, 0.05) is 21.1 Å². The normalized spacial score (nSPS) is 15.1. The molecule has 0 heterocycles. The zero-order chi connectivity index (χ0) is 28.5. The largest absolute Gasteiger partial charge is 0.480 e. The molecule has 0 aliphatic carbocycles. The van der Waals surface area contributed by atoms with Crippen molar-refractivity contribution in [1.82, 2.24) is 25.3 Å². The van der Waals surface area contributed by atoms with Crippen LogP contribution in [0.5, 0.6) is 0 Å². The highest BCUT2D eigenvalue weighted by atomic mass is 16.4. The van der Waals surface area contributed by atoms with Crippen LogP contribution in [0, 0.1) is 5.92 Å². The second-order valence-corrected chi connectivity index (χ2v) is 9.31. The predicted octanol–water partition coefficient (Wildman–Crippen LogP) is -1.39. The van der Waals surface area contributed by atoms with E-state index in [0.717, 1.165) is 4.90 Å². The number of nitrogens with zero attached hydrogens (tertiary/aromatic N) is 3. The third-order valence-corrected chi connectivity index (χ3v) is 6.13. The fourth-order valence-electron chi connectivity index (χ4n) is 3.01. The molecule has 5 atom stereocenters. The number of likely N-dealkylation sites (N-methyl/N-ethyl adjacent to an activating group) is 3. The average molecular weight is 515 g/mol. The Kier molecular flexibility index (Phi) is 13.1. The van der Waals surface area contributed by atoms with Crippen LogP contribution < -0.4 is 16.4 Å². The zero-order valence-corrected chi connectivity index (χ0v) is 22.7. The van der Waals surface area contributed by atoms with E-state index in [4.69, 9.17) is 10.8 Å². The van der Waals surface area contributed by atoms with E-state index < -0.39 is 59.8 Å². The van der Waals surface area contributed by atoms with Gasteiger partial charge in [-0.05, 0) is 33.1 Å². The Bertz CT molecular complexity index is 834. The topological polar surface area (TPSA) is 182 Å². The average Bonchev–Trinajstić information content (AvgIpc) is 2.82. The number of rotatable bonds is 13. The van der Waals surface area contributed by atoms with Gasteiger partial charge in [-0.25, -0.2) is 0 Å². The van der Waals surface area contributed by atoms with Crippen LogP contribution in [-0.4, -0.2) is 113 Å². The lowest BCUT2D eigenvalue weighted by Crippen LogP contribution is -2.58. The maximum Gasteiger partial charge on any atom is 0.325 e. The van der Waals surface area contributed by atoms with E-state index >= 15 is 0 Å². The van der Waals surface area contributed by atoms with Gasteiger partial charge >= 0.3 is 5.97 Å². The van der Waals surface area contributed by atoms with Crippen molar-refractivity contribution in [3.8, 4) is 0 Å². The SMILES string of the molecule is CC[C@H](N)C(=O)N(C)CC(=O)N(C)[C@@H](C)C(=O)N[C@H](C(=O)N(C)[C@@H](C)C(=O)N[C@@H](C)C(=O)O)C(C)C. The summed E-state index contributed by atoms with van der Waals surface area (Å²) in [7, 11) is 4.25. The van der Waals surface area contributed by atoms with Crippen molar-refractivity contribution in [3.63, 3.8) is 0 Å². The number of hydrogen-bond donors (Lipinski definition) is 4. The van der Waals surface area contributed by atoms with E-state index in [1.807, 2.05) is 0 Å². The highest BCUT2D eigenvalue weighted by Gasteiger charge is 2.34. The number of aliphatic carboxylic acids is 1. The van der Waals surface area contributed by atoms with Crippen LogP contribution in [0.2, 0.25) is 0 Å². The molecule has 0 aromatic heterocycles. The minimum Gasteiger partial charge on any atom is -0.480 e. The maximum absolute atomic E-state index is 13.1. The van der Waals surface area contributed by atoms with Crippen LogP contribution >= 0.6 is 0 Å². The van der Waals surface area contributed by atoms with Crippen LogP contribution in [0.4, 0.5) is 0 Å². The molecule has 0 aliphatic heterocycles. The number of hydrogen-bond acceptors (Lipinski definition) is 7. The van der Waals surface area contributed by atoms with Gasteiger partial charge in [-0.2, -0.15) is 0 Å². The Hall–Kier alpha value is -3.22. The number of carbonyl (C=O) groups excluding carboxylic acids is 5. The predicted molar refractivity (Wildman–Crippen MR) is 132 cm³/mol. The number of nitrogens with one attached hydrogen (secondary N) is 2. The van der Waals surface area contributed by atoms with E-state index in [2.05, 4.69) is 10.6 Å². The standard InChI is InChI=1S/C23H42N6O7/c1-10-16(24)21(33)27(7)11-17(30)28(8)14(5)20(32)26-18(12(2)3)22(34)29(9)15(6)19(31)25-13(4)23(35)36/h12-16,18H,10-11,24H2,1-9H3,(H,25,31)(H,26,32)(H,35,36)/t13-,14-,15-,16-,18-/m0/s1. The van der Waals surface area contributed by atoms with Gasteiger partial charge in [-0.15, -0.1) is 0 Å². The molecule has 36 heavy (non-hydrogen) atoms. The molecule has 206 valence electrons. The summed E-state index contributed by atoms with van der Waals surface area (Å²) in [5, 5.41) is 13.9. The van der Waals surface area contributed by atoms with E-state index in [1.54, 1.807) is 20.8 Å². The fraction of sp³-hybridized carbons (Fsp3) is 0.739. The van der Waals surface area contributed by atoms with Gasteiger partial charge in [-0.1, -0.05) is 20.8 Å². The molecule has 5 amide bonds.